The van der Waals surface area contributed by atoms with Crippen molar-refractivity contribution < 1.29 is 0 Å². The highest BCUT2D eigenvalue weighted by Gasteiger charge is 2.26. The molecule has 1 aliphatic rings. The van der Waals surface area contributed by atoms with Crippen molar-refractivity contribution in [3.8, 4) is 11.1 Å². The van der Waals surface area contributed by atoms with Gasteiger partial charge in [-0.05, 0) is 38.8 Å². The molecule has 0 saturated carbocycles. The van der Waals surface area contributed by atoms with Crippen molar-refractivity contribution in [2.24, 2.45) is 0 Å². The van der Waals surface area contributed by atoms with Crippen molar-refractivity contribution in [2.75, 3.05) is 13.1 Å². The van der Waals surface area contributed by atoms with Crippen LogP contribution in [0.4, 0.5) is 0 Å². The SMILES string of the molecule is CCn1ncnc1CN1CCC[C@H](c2[nH]ncc2-c2ccc(C)cc2)C1. The summed E-state index contributed by atoms with van der Waals surface area (Å²) >= 11 is 0. The Morgan fingerprint density at radius 1 is 1.23 bits per heavy atom. The van der Waals surface area contributed by atoms with E-state index in [0.29, 0.717) is 5.92 Å². The lowest BCUT2D eigenvalue weighted by Gasteiger charge is -2.32. The highest BCUT2D eigenvalue weighted by atomic mass is 15.3. The first-order chi connectivity index (χ1) is 12.7. The van der Waals surface area contributed by atoms with E-state index in [0.717, 1.165) is 32.0 Å². The van der Waals surface area contributed by atoms with E-state index in [-0.39, 0.29) is 0 Å². The highest BCUT2D eigenvalue weighted by Crippen LogP contribution is 2.33. The molecule has 26 heavy (non-hydrogen) atoms. The second kappa shape index (κ2) is 7.41. The lowest BCUT2D eigenvalue weighted by atomic mass is 9.90. The van der Waals surface area contributed by atoms with E-state index < -0.39 is 0 Å². The third-order valence-corrected chi connectivity index (χ3v) is 5.31. The molecule has 0 spiro atoms. The van der Waals surface area contributed by atoms with Crippen LogP contribution in [0.1, 0.15) is 42.8 Å². The van der Waals surface area contributed by atoms with Gasteiger partial charge in [-0.1, -0.05) is 29.8 Å². The van der Waals surface area contributed by atoms with Gasteiger partial charge in [0, 0.05) is 30.3 Å². The summed E-state index contributed by atoms with van der Waals surface area (Å²) in [5.74, 6) is 1.53. The van der Waals surface area contributed by atoms with Crippen LogP contribution in [0.3, 0.4) is 0 Å². The summed E-state index contributed by atoms with van der Waals surface area (Å²) < 4.78 is 1.98. The summed E-state index contributed by atoms with van der Waals surface area (Å²) in [6.07, 6.45) is 6.01. The number of piperidine rings is 1. The van der Waals surface area contributed by atoms with Crippen molar-refractivity contribution in [3.05, 3.63) is 53.9 Å². The predicted octanol–water partition coefficient (Wildman–Crippen LogP) is 3.38. The van der Waals surface area contributed by atoms with E-state index >= 15 is 0 Å². The van der Waals surface area contributed by atoms with Crippen molar-refractivity contribution in [3.63, 3.8) is 0 Å². The largest absolute Gasteiger partial charge is 0.295 e. The number of aromatic amines is 1. The van der Waals surface area contributed by atoms with Crippen LogP contribution in [-0.4, -0.2) is 43.0 Å². The highest BCUT2D eigenvalue weighted by molar-refractivity contribution is 5.66. The summed E-state index contributed by atoms with van der Waals surface area (Å²) in [5, 5.41) is 11.9. The molecule has 1 atom stereocenters. The molecular weight excluding hydrogens is 324 g/mol. The van der Waals surface area contributed by atoms with Gasteiger partial charge in [-0.25, -0.2) is 9.67 Å². The van der Waals surface area contributed by atoms with Gasteiger partial charge in [0.15, 0.2) is 0 Å². The first-order valence-corrected chi connectivity index (χ1v) is 9.44. The number of aryl methyl sites for hydroxylation is 2. The Labute approximate surface area is 154 Å². The third kappa shape index (κ3) is 3.42. The number of nitrogens with one attached hydrogen (secondary N) is 1. The molecule has 0 amide bonds. The number of H-pyrrole nitrogens is 1. The fourth-order valence-electron chi connectivity index (χ4n) is 3.88. The van der Waals surface area contributed by atoms with Crippen LogP contribution in [0.15, 0.2) is 36.8 Å². The van der Waals surface area contributed by atoms with Crippen LogP contribution in [0.25, 0.3) is 11.1 Å². The molecule has 0 bridgehead atoms. The lowest BCUT2D eigenvalue weighted by molar-refractivity contribution is 0.191. The normalized spacial score (nSPS) is 18.3. The van der Waals surface area contributed by atoms with Crippen LogP contribution in [-0.2, 0) is 13.1 Å². The van der Waals surface area contributed by atoms with Gasteiger partial charge in [-0.3, -0.25) is 10.00 Å². The average Bonchev–Trinajstić information content (AvgIpc) is 3.32. The summed E-state index contributed by atoms with van der Waals surface area (Å²) in [4.78, 5) is 6.92. The maximum atomic E-state index is 4.43. The zero-order valence-electron chi connectivity index (χ0n) is 15.5. The van der Waals surface area contributed by atoms with E-state index in [2.05, 4.69) is 63.3 Å². The molecule has 0 aliphatic carbocycles. The number of rotatable bonds is 5. The molecule has 1 fully saturated rings. The molecule has 0 radical (unpaired) electrons. The maximum Gasteiger partial charge on any atom is 0.140 e. The fourth-order valence-corrected chi connectivity index (χ4v) is 3.88. The molecule has 6 nitrogen and oxygen atoms in total. The Bertz CT molecular complexity index is 847. The van der Waals surface area contributed by atoms with E-state index in [1.54, 1.807) is 6.33 Å². The number of nitrogens with zero attached hydrogens (tertiary/aromatic N) is 5. The van der Waals surface area contributed by atoms with Crippen LogP contribution in [0.5, 0.6) is 0 Å². The van der Waals surface area contributed by atoms with Gasteiger partial charge in [0.05, 0.1) is 12.7 Å². The van der Waals surface area contributed by atoms with E-state index in [1.807, 2.05) is 10.9 Å². The minimum Gasteiger partial charge on any atom is -0.295 e. The van der Waals surface area contributed by atoms with E-state index in [1.165, 1.54) is 35.2 Å². The first kappa shape index (κ1) is 17.0. The number of likely N-dealkylation sites (tertiary alicyclic amines) is 1. The summed E-state index contributed by atoms with van der Waals surface area (Å²) in [7, 11) is 0. The molecule has 1 aliphatic heterocycles. The number of aromatic nitrogens is 5. The molecule has 0 unspecified atom stereocenters. The van der Waals surface area contributed by atoms with Gasteiger partial charge in [-0.2, -0.15) is 10.2 Å². The molecule has 3 heterocycles. The molecule has 2 aromatic heterocycles. The van der Waals surface area contributed by atoms with Crippen molar-refractivity contribution >= 4 is 0 Å². The van der Waals surface area contributed by atoms with Gasteiger partial charge in [-0.15, -0.1) is 0 Å². The van der Waals surface area contributed by atoms with Crippen LogP contribution in [0, 0.1) is 6.92 Å². The van der Waals surface area contributed by atoms with Crippen LogP contribution in [0.2, 0.25) is 0 Å². The summed E-state index contributed by atoms with van der Waals surface area (Å²) in [5.41, 5.74) is 5.01. The smallest absolute Gasteiger partial charge is 0.140 e. The molecule has 1 saturated heterocycles. The maximum absolute atomic E-state index is 4.43. The van der Waals surface area contributed by atoms with Gasteiger partial charge >= 0.3 is 0 Å². The lowest BCUT2D eigenvalue weighted by Crippen LogP contribution is -2.35. The Balaban J connectivity index is 1.52. The Kier molecular flexibility index (Phi) is 4.84. The second-order valence-electron chi connectivity index (χ2n) is 7.13. The Morgan fingerprint density at radius 2 is 2.08 bits per heavy atom. The minimum absolute atomic E-state index is 0.473. The topological polar surface area (TPSA) is 62.6 Å². The quantitative estimate of drug-likeness (QED) is 0.766. The Hall–Kier alpha value is -2.47. The van der Waals surface area contributed by atoms with Gasteiger partial charge < -0.3 is 0 Å². The summed E-state index contributed by atoms with van der Waals surface area (Å²) in [6.45, 7) is 8.09. The molecular formula is C20H26N6. The van der Waals surface area contributed by atoms with Crippen molar-refractivity contribution in [2.45, 2.75) is 45.7 Å². The summed E-state index contributed by atoms with van der Waals surface area (Å²) in [6, 6.07) is 8.70. The minimum atomic E-state index is 0.473. The third-order valence-electron chi connectivity index (χ3n) is 5.31. The van der Waals surface area contributed by atoms with E-state index in [9.17, 15) is 0 Å². The molecule has 3 aromatic rings. The van der Waals surface area contributed by atoms with E-state index in [4.69, 9.17) is 0 Å². The monoisotopic (exact) mass is 350 g/mol. The molecule has 1 aromatic carbocycles. The number of benzene rings is 1. The van der Waals surface area contributed by atoms with Gasteiger partial charge in [0.2, 0.25) is 0 Å². The van der Waals surface area contributed by atoms with Crippen LogP contribution >= 0.6 is 0 Å². The molecule has 4 rings (SSSR count). The Morgan fingerprint density at radius 3 is 2.88 bits per heavy atom. The average molecular weight is 350 g/mol. The number of hydrogen-bond acceptors (Lipinski definition) is 4. The predicted molar refractivity (Wildman–Crippen MR) is 102 cm³/mol. The van der Waals surface area contributed by atoms with Crippen molar-refractivity contribution in [1.29, 1.82) is 0 Å². The van der Waals surface area contributed by atoms with Gasteiger partial charge in [0.1, 0.15) is 12.2 Å². The standard InChI is InChI=1S/C20H26N6/c1-3-26-19(21-14-23-26)13-25-10-4-5-17(12-25)20-18(11-22-24-20)16-8-6-15(2)7-9-16/h6-9,11,14,17H,3-5,10,12-13H2,1-2H3,(H,22,24)/t17-/m0/s1. The second-order valence-corrected chi connectivity index (χ2v) is 7.13. The molecule has 1 N–H and O–H groups in total. The zero-order valence-corrected chi connectivity index (χ0v) is 15.5. The van der Waals surface area contributed by atoms with Crippen LogP contribution < -0.4 is 0 Å². The molecule has 136 valence electrons. The molecule has 6 heteroatoms. The first-order valence-electron chi connectivity index (χ1n) is 9.44. The van der Waals surface area contributed by atoms with Crippen molar-refractivity contribution in [1.82, 2.24) is 29.9 Å². The zero-order chi connectivity index (χ0) is 17.9. The fraction of sp³-hybridized carbons (Fsp3) is 0.450. The van der Waals surface area contributed by atoms with Gasteiger partial charge in [0.25, 0.3) is 0 Å². The number of hydrogen-bond donors (Lipinski definition) is 1.